The molecule has 1 aliphatic rings. The summed E-state index contributed by atoms with van der Waals surface area (Å²) in [6, 6.07) is 0. The standard InChI is InChI=1S/C12H22N4O2S2/c1-10(2)11-14-15-12(19-11)13-4-3-5-16-6-8-20(17,18)9-7-16/h10H,3-9H2,1-2H3,(H,13,15). The second-order valence-corrected chi connectivity index (χ2v) is 8.69. The van der Waals surface area contributed by atoms with Crippen LogP contribution in [0.5, 0.6) is 0 Å². The predicted molar refractivity (Wildman–Crippen MR) is 82.2 cm³/mol. The Morgan fingerprint density at radius 1 is 1.30 bits per heavy atom. The fraction of sp³-hybridized carbons (Fsp3) is 0.833. The van der Waals surface area contributed by atoms with Crippen LogP contribution < -0.4 is 5.32 Å². The van der Waals surface area contributed by atoms with Gasteiger partial charge in [0.05, 0.1) is 11.5 Å². The topological polar surface area (TPSA) is 75.2 Å². The van der Waals surface area contributed by atoms with Crippen molar-refractivity contribution < 1.29 is 8.42 Å². The summed E-state index contributed by atoms with van der Waals surface area (Å²) >= 11 is 1.60. The van der Waals surface area contributed by atoms with Crippen molar-refractivity contribution in [1.29, 1.82) is 0 Å². The van der Waals surface area contributed by atoms with E-state index in [1.807, 2.05) is 0 Å². The number of hydrogen-bond acceptors (Lipinski definition) is 7. The minimum atomic E-state index is -2.77. The van der Waals surface area contributed by atoms with Crippen LogP contribution in [-0.2, 0) is 9.84 Å². The van der Waals surface area contributed by atoms with E-state index >= 15 is 0 Å². The highest BCUT2D eigenvalue weighted by Crippen LogP contribution is 2.22. The maximum atomic E-state index is 11.3. The van der Waals surface area contributed by atoms with Gasteiger partial charge in [-0.25, -0.2) is 8.42 Å². The fourth-order valence-corrected chi connectivity index (χ4v) is 4.06. The minimum absolute atomic E-state index is 0.300. The summed E-state index contributed by atoms with van der Waals surface area (Å²) in [7, 11) is -2.77. The van der Waals surface area contributed by atoms with E-state index in [-0.39, 0.29) is 0 Å². The van der Waals surface area contributed by atoms with Crippen molar-refractivity contribution in [2.45, 2.75) is 26.2 Å². The molecule has 1 N–H and O–H groups in total. The molecule has 2 rings (SSSR count). The predicted octanol–water partition coefficient (Wildman–Crippen LogP) is 1.19. The van der Waals surface area contributed by atoms with Crippen molar-refractivity contribution in [3.05, 3.63) is 5.01 Å². The average molecular weight is 318 g/mol. The lowest BCUT2D eigenvalue weighted by Gasteiger charge is -2.26. The van der Waals surface area contributed by atoms with Crippen LogP contribution in [0.4, 0.5) is 5.13 Å². The number of nitrogens with one attached hydrogen (secondary N) is 1. The Morgan fingerprint density at radius 2 is 2.00 bits per heavy atom. The lowest BCUT2D eigenvalue weighted by molar-refractivity contribution is 0.295. The second kappa shape index (κ2) is 6.82. The molecule has 8 heteroatoms. The summed E-state index contributed by atoms with van der Waals surface area (Å²) in [5.74, 6) is 1.02. The van der Waals surface area contributed by atoms with E-state index in [2.05, 4.69) is 34.3 Å². The third kappa shape index (κ3) is 4.68. The van der Waals surface area contributed by atoms with E-state index in [1.165, 1.54) is 0 Å². The molecule has 1 aliphatic heterocycles. The van der Waals surface area contributed by atoms with Crippen LogP contribution >= 0.6 is 11.3 Å². The number of sulfone groups is 1. The summed E-state index contributed by atoms with van der Waals surface area (Å²) in [6.45, 7) is 7.31. The summed E-state index contributed by atoms with van der Waals surface area (Å²) in [4.78, 5) is 2.21. The summed E-state index contributed by atoms with van der Waals surface area (Å²) in [5, 5.41) is 13.4. The molecule has 0 spiro atoms. The van der Waals surface area contributed by atoms with Gasteiger partial charge in [-0.15, -0.1) is 10.2 Å². The summed E-state index contributed by atoms with van der Waals surface area (Å²) in [5.41, 5.74) is 0. The zero-order chi connectivity index (χ0) is 14.6. The van der Waals surface area contributed by atoms with Crippen molar-refractivity contribution in [3.63, 3.8) is 0 Å². The number of aromatic nitrogens is 2. The third-order valence-corrected chi connectivity index (χ3v) is 6.09. The van der Waals surface area contributed by atoms with Gasteiger partial charge in [0.2, 0.25) is 5.13 Å². The molecular formula is C12H22N4O2S2. The van der Waals surface area contributed by atoms with Gasteiger partial charge in [-0.05, 0) is 13.0 Å². The Morgan fingerprint density at radius 3 is 2.60 bits per heavy atom. The first kappa shape index (κ1) is 15.7. The molecule has 0 unspecified atom stereocenters. The van der Waals surface area contributed by atoms with Crippen LogP contribution in [0.3, 0.4) is 0 Å². The van der Waals surface area contributed by atoms with Crippen LogP contribution in [0.25, 0.3) is 0 Å². The molecule has 0 aliphatic carbocycles. The van der Waals surface area contributed by atoms with Gasteiger partial charge in [-0.1, -0.05) is 25.2 Å². The van der Waals surface area contributed by atoms with Gasteiger partial charge in [0.1, 0.15) is 5.01 Å². The SMILES string of the molecule is CC(C)c1nnc(NCCCN2CCS(=O)(=O)CC2)s1. The van der Waals surface area contributed by atoms with Crippen LogP contribution in [-0.4, -0.2) is 61.2 Å². The van der Waals surface area contributed by atoms with Gasteiger partial charge >= 0.3 is 0 Å². The lowest BCUT2D eigenvalue weighted by Crippen LogP contribution is -2.41. The van der Waals surface area contributed by atoms with Crippen LogP contribution in [0.2, 0.25) is 0 Å². The van der Waals surface area contributed by atoms with Crippen molar-refractivity contribution >= 4 is 26.3 Å². The summed E-state index contributed by atoms with van der Waals surface area (Å²) in [6.07, 6.45) is 0.983. The molecular weight excluding hydrogens is 296 g/mol. The number of hydrogen-bond donors (Lipinski definition) is 1. The fourth-order valence-electron chi connectivity index (χ4n) is 2.01. The van der Waals surface area contributed by atoms with Crippen LogP contribution in [0.15, 0.2) is 0 Å². The van der Waals surface area contributed by atoms with Gasteiger partial charge in [0.15, 0.2) is 9.84 Å². The number of rotatable bonds is 6. The van der Waals surface area contributed by atoms with Gasteiger partial charge in [0, 0.05) is 25.6 Å². The Bertz CT molecular complexity index is 513. The van der Waals surface area contributed by atoms with E-state index in [4.69, 9.17) is 0 Å². The molecule has 0 radical (unpaired) electrons. The first-order valence-corrected chi connectivity index (χ1v) is 9.60. The monoisotopic (exact) mass is 318 g/mol. The molecule has 0 amide bonds. The first-order chi connectivity index (χ1) is 9.46. The average Bonchev–Trinajstić information content (AvgIpc) is 2.85. The maximum absolute atomic E-state index is 11.3. The Hall–Kier alpha value is -0.730. The number of nitrogens with zero attached hydrogens (tertiary/aromatic N) is 3. The van der Waals surface area contributed by atoms with Crippen molar-refractivity contribution in [2.24, 2.45) is 0 Å². The Kier molecular flexibility index (Phi) is 5.34. The Balaban J connectivity index is 1.64. The Labute approximate surface area is 124 Å². The van der Waals surface area contributed by atoms with Crippen LogP contribution in [0.1, 0.15) is 31.2 Å². The molecule has 1 fully saturated rings. The second-order valence-electron chi connectivity index (χ2n) is 5.37. The van der Waals surface area contributed by atoms with Crippen LogP contribution in [0, 0.1) is 0 Å². The van der Waals surface area contributed by atoms with Gasteiger partial charge in [-0.3, -0.25) is 0 Å². The zero-order valence-corrected chi connectivity index (χ0v) is 13.6. The highest BCUT2D eigenvalue weighted by molar-refractivity contribution is 7.91. The molecule has 0 saturated carbocycles. The van der Waals surface area contributed by atoms with Crippen molar-refractivity contribution in [3.8, 4) is 0 Å². The molecule has 20 heavy (non-hydrogen) atoms. The minimum Gasteiger partial charge on any atom is -0.360 e. The molecule has 1 aromatic rings. The summed E-state index contributed by atoms with van der Waals surface area (Å²) < 4.78 is 22.6. The highest BCUT2D eigenvalue weighted by Gasteiger charge is 2.20. The molecule has 6 nitrogen and oxygen atoms in total. The molecule has 2 heterocycles. The smallest absolute Gasteiger partial charge is 0.205 e. The zero-order valence-electron chi connectivity index (χ0n) is 12.0. The van der Waals surface area contributed by atoms with E-state index in [1.54, 1.807) is 11.3 Å². The third-order valence-electron chi connectivity index (χ3n) is 3.30. The lowest BCUT2D eigenvalue weighted by atomic mass is 10.2. The van der Waals surface area contributed by atoms with Crippen molar-refractivity contribution in [2.75, 3.05) is 43.0 Å². The normalized spacial score (nSPS) is 19.4. The molecule has 1 aromatic heterocycles. The molecule has 114 valence electrons. The van der Waals surface area contributed by atoms with Gasteiger partial charge in [0.25, 0.3) is 0 Å². The largest absolute Gasteiger partial charge is 0.360 e. The molecule has 1 saturated heterocycles. The molecule has 0 aromatic carbocycles. The highest BCUT2D eigenvalue weighted by atomic mass is 32.2. The molecule has 0 bridgehead atoms. The van der Waals surface area contributed by atoms with E-state index < -0.39 is 9.84 Å². The molecule has 0 atom stereocenters. The van der Waals surface area contributed by atoms with E-state index in [0.29, 0.717) is 30.5 Å². The van der Waals surface area contributed by atoms with Gasteiger partial charge in [-0.2, -0.15) is 0 Å². The quantitative estimate of drug-likeness (QED) is 0.794. The van der Waals surface area contributed by atoms with E-state index in [0.717, 1.165) is 29.6 Å². The van der Waals surface area contributed by atoms with E-state index in [9.17, 15) is 8.42 Å². The maximum Gasteiger partial charge on any atom is 0.205 e. The van der Waals surface area contributed by atoms with Gasteiger partial charge < -0.3 is 10.2 Å². The van der Waals surface area contributed by atoms with Crippen molar-refractivity contribution in [1.82, 2.24) is 15.1 Å². The number of anilines is 1. The first-order valence-electron chi connectivity index (χ1n) is 6.96.